The van der Waals surface area contributed by atoms with Crippen molar-refractivity contribution in [1.29, 1.82) is 0 Å². The van der Waals surface area contributed by atoms with E-state index in [0.717, 1.165) is 5.56 Å². The molecule has 0 aliphatic carbocycles. The highest BCUT2D eigenvalue weighted by atomic mass is 35.5. The number of ether oxygens (including phenoxy) is 1. The van der Waals surface area contributed by atoms with Crippen LogP contribution >= 0.6 is 11.6 Å². The molecule has 0 heterocycles. The van der Waals surface area contributed by atoms with Gasteiger partial charge in [-0.1, -0.05) is 17.7 Å². The zero-order valence-corrected chi connectivity index (χ0v) is 10.7. The van der Waals surface area contributed by atoms with Crippen molar-refractivity contribution in [3.8, 4) is 11.5 Å². The highest BCUT2D eigenvalue weighted by molar-refractivity contribution is 6.30. The molecule has 0 amide bonds. The zero-order valence-electron chi connectivity index (χ0n) is 9.91. The molecule has 4 heteroatoms. The molecule has 2 rings (SSSR count). The number of hydrogen-bond acceptors (Lipinski definition) is 2. The summed E-state index contributed by atoms with van der Waals surface area (Å²) in [5, 5.41) is 0.572. The van der Waals surface area contributed by atoms with Crippen LogP contribution in [0, 0.1) is 12.7 Å². The van der Waals surface area contributed by atoms with Gasteiger partial charge in [0.25, 0.3) is 0 Å². The summed E-state index contributed by atoms with van der Waals surface area (Å²) < 4.78 is 19.3. The summed E-state index contributed by atoms with van der Waals surface area (Å²) in [4.78, 5) is 0. The summed E-state index contributed by atoms with van der Waals surface area (Å²) in [5.41, 5.74) is 6.76. The highest BCUT2D eigenvalue weighted by Crippen LogP contribution is 2.27. The van der Waals surface area contributed by atoms with Crippen molar-refractivity contribution in [2.75, 3.05) is 0 Å². The Balaban J connectivity index is 2.30. The van der Waals surface area contributed by atoms with Gasteiger partial charge >= 0.3 is 0 Å². The first kappa shape index (κ1) is 12.9. The number of halogens is 2. The molecule has 2 N–H and O–H groups in total. The molecule has 0 unspecified atom stereocenters. The van der Waals surface area contributed by atoms with E-state index >= 15 is 0 Å². The van der Waals surface area contributed by atoms with Crippen LogP contribution in [-0.2, 0) is 6.54 Å². The first-order valence-electron chi connectivity index (χ1n) is 5.52. The molecule has 2 aromatic rings. The van der Waals surface area contributed by atoms with E-state index in [0.29, 0.717) is 22.1 Å². The monoisotopic (exact) mass is 265 g/mol. The molecule has 0 atom stereocenters. The predicted octanol–water partition coefficient (Wildman–Crippen LogP) is 4.04. The standard InChI is InChI=1S/C14H13ClFNO/c1-9-5-12(7-14(16)13(9)8-17)18-11-4-2-3-10(15)6-11/h2-7H,8,17H2,1H3. The van der Waals surface area contributed by atoms with E-state index in [4.69, 9.17) is 22.1 Å². The number of rotatable bonds is 3. The second-order valence-corrected chi connectivity index (χ2v) is 4.40. The van der Waals surface area contributed by atoms with Crippen molar-refractivity contribution < 1.29 is 9.13 Å². The first-order chi connectivity index (χ1) is 8.60. The van der Waals surface area contributed by atoms with Crippen molar-refractivity contribution in [2.45, 2.75) is 13.5 Å². The Kier molecular flexibility index (Phi) is 3.84. The molecule has 94 valence electrons. The molecule has 0 radical (unpaired) electrons. The predicted molar refractivity (Wildman–Crippen MR) is 70.6 cm³/mol. The third kappa shape index (κ3) is 2.81. The van der Waals surface area contributed by atoms with E-state index < -0.39 is 0 Å². The van der Waals surface area contributed by atoms with Crippen LogP contribution in [0.5, 0.6) is 11.5 Å². The number of hydrogen-bond donors (Lipinski definition) is 1. The normalized spacial score (nSPS) is 10.4. The van der Waals surface area contributed by atoms with E-state index in [2.05, 4.69) is 0 Å². The maximum atomic E-state index is 13.7. The average Bonchev–Trinajstić information content (AvgIpc) is 2.28. The Morgan fingerprint density at radius 3 is 2.61 bits per heavy atom. The van der Waals surface area contributed by atoms with Gasteiger partial charge in [-0.3, -0.25) is 0 Å². The Bertz CT molecular complexity index is 548. The summed E-state index contributed by atoms with van der Waals surface area (Å²) in [7, 11) is 0. The molecule has 0 saturated heterocycles. The molecular weight excluding hydrogens is 253 g/mol. The molecule has 2 aromatic carbocycles. The van der Waals surface area contributed by atoms with Gasteiger partial charge in [0.05, 0.1) is 0 Å². The molecular formula is C14H13ClFNO. The second-order valence-electron chi connectivity index (χ2n) is 3.96. The fraction of sp³-hybridized carbons (Fsp3) is 0.143. The van der Waals surface area contributed by atoms with Crippen LogP contribution in [0.1, 0.15) is 11.1 Å². The largest absolute Gasteiger partial charge is 0.457 e. The molecule has 0 spiro atoms. The minimum atomic E-state index is -0.352. The lowest BCUT2D eigenvalue weighted by atomic mass is 10.1. The van der Waals surface area contributed by atoms with E-state index in [-0.39, 0.29) is 12.4 Å². The summed E-state index contributed by atoms with van der Waals surface area (Å²) >= 11 is 5.85. The van der Waals surface area contributed by atoms with E-state index in [1.807, 2.05) is 0 Å². The first-order valence-corrected chi connectivity index (χ1v) is 5.90. The molecule has 0 aliphatic rings. The third-order valence-corrected chi connectivity index (χ3v) is 2.86. The molecule has 0 fully saturated rings. The van der Waals surface area contributed by atoms with Gasteiger partial charge in [-0.15, -0.1) is 0 Å². The smallest absolute Gasteiger partial charge is 0.131 e. The van der Waals surface area contributed by atoms with Crippen molar-refractivity contribution in [3.63, 3.8) is 0 Å². The van der Waals surface area contributed by atoms with Gasteiger partial charge in [0.2, 0.25) is 0 Å². The van der Waals surface area contributed by atoms with Crippen molar-refractivity contribution in [2.24, 2.45) is 5.73 Å². The SMILES string of the molecule is Cc1cc(Oc2cccc(Cl)c2)cc(F)c1CN. The maximum absolute atomic E-state index is 13.7. The van der Waals surface area contributed by atoms with Crippen LogP contribution in [0.4, 0.5) is 4.39 Å². The lowest BCUT2D eigenvalue weighted by molar-refractivity contribution is 0.475. The van der Waals surface area contributed by atoms with E-state index in [1.165, 1.54) is 6.07 Å². The number of nitrogens with two attached hydrogens (primary N) is 1. The highest BCUT2D eigenvalue weighted by Gasteiger charge is 2.08. The molecule has 18 heavy (non-hydrogen) atoms. The summed E-state index contributed by atoms with van der Waals surface area (Å²) in [6.07, 6.45) is 0. The lowest BCUT2D eigenvalue weighted by Gasteiger charge is -2.10. The van der Waals surface area contributed by atoms with Gasteiger partial charge in [0.15, 0.2) is 0 Å². The topological polar surface area (TPSA) is 35.2 Å². The van der Waals surface area contributed by atoms with Crippen molar-refractivity contribution in [1.82, 2.24) is 0 Å². The minimum absolute atomic E-state index is 0.176. The maximum Gasteiger partial charge on any atom is 0.131 e. The Hall–Kier alpha value is -1.58. The van der Waals surface area contributed by atoms with Gasteiger partial charge in [-0.2, -0.15) is 0 Å². The molecule has 0 saturated carbocycles. The second kappa shape index (κ2) is 5.38. The summed E-state index contributed by atoms with van der Waals surface area (Å²) in [6, 6.07) is 10.0. The van der Waals surface area contributed by atoms with Crippen LogP contribution in [0.15, 0.2) is 36.4 Å². The van der Waals surface area contributed by atoms with Crippen LogP contribution in [0.2, 0.25) is 5.02 Å². The van der Waals surface area contributed by atoms with E-state index in [9.17, 15) is 4.39 Å². The molecule has 0 bridgehead atoms. The number of benzene rings is 2. The van der Waals surface area contributed by atoms with Crippen LogP contribution in [0.3, 0.4) is 0 Å². The zero-order chi connectivity index (χ0) is 13.1. The van der Waals surface area contributed by atoms with E-state index in [1.54, 1.807) is 37.3 Å². The summed E-state index contributed by atoms with van der Waals surface area (Å²) in [6.45, 7) is 1.98. The third-order valence-electron chi connectivity index (χ3n) is 2.63. The lowest BCUT2D eigenvalue weighted by Crippen LogP contribution is -2.03. The van der Waals surface area contributed by atoms with Gasteiger partial charge in [-0.25, -0.2) is 4.39 Å². The van der Waals surface area contributed by atoms with Gasteiger partial charge in [-0.05, 0) is 36.8 Å². The van der Waals surface area contributed by atoms with Crippen LogP contribution in [-0.4, -0.2) is 0 Å². The van der Waals surface area contributed by atoms with Crippen molar-refractivity contribution in [3.05, 3.63) is 58.4 Å². The Morgan fingerprint density at radius 2 is 2.00 bits per heavy atom. The average molecular weight is 266 g/mol. The molecule has 2 nitrogen and oxygen atoms in total. The number of aryl methyl sites for hydroxylation is 1. The fourth-order valence-electron chi connectivity index (χ4n) is 1.73. The van der Waals surface area contributed by atoms with Crippen molar-refractivity contribution >= 4 is 11.6 Å². The van der Waals surface area contributed by atoms with Crippen LogP contribution < -0.4 is 10.5 Å². The Morgan fingerprint density at radius 1 is 1.22 bits per heavy atom. The quantitative estimate of drug-likeness (QED) is 0.909. The fourth-order valence-corrected chi connectivity index (χ4v) is 1.91. The van der Waals surface area contributed by atoms with Gasteiger partial charge in [0.1, 0.15) is 17.3 Å². The molecule has 0 aliphatic heterocycles. The minimum Gasteiger partial charge on any atom is -0.457 e. The van der Waals surface area contributed by atoms with Gasteiger partial charge in [0, 0.05) is 23.2 Å². The summed E-state index contributed by atoms with van der Waals surface area (Å²) in [5.74, 6) is 0.654. The molecule has 0 aromatic heterocycles. The van der Waals surface area contributed by atoms with Gasteiger partial charge < -0.3 is 10.5 Å². The Labute approximate surface area is 110 Å². The van der Waals surface area contributed by atoms with Crippen LogP contribution in [0.25, 0.3) is 0 Å².